The Morgan fingerprint density at radius 2 is 2.33 bits per heavy atom. The molecule has 1 aliphatic heterocycles. The number of thiophene rings is 1. The third kappa shape index (κ3) is 2.97. The molecule has 1 aromatic rings. The standard InChI is InChI=1S/C14H20ClNOS/c1-10-12(5-3-4-7-15)18-13-6-8-17-11(9-16-2)14(10)13/h3-4,11,16H,5-9H2,1-2H3/b4-3-. The van der Waals surface area contributed by atoms with Crippen molar-refractivity contribution in [1.29, 1.82) is 0 Å². The Morgan fingerprint density at radius 3 is 3.06 bits per heavy atom. The van der Waals surface area contributed by atoms with Crippen molar-refractivity contribution < 1.29 is 4.74 Å². The van der Waals surface area contributed by atoms with E-state index in [0.29, 0.717) is 5.88 Å². The van der Waals surface area contributed by atoms with Crippen molar-refractivity contribution in [2.45, 2.75) is 25.9 Å². The average Bonchev–Trinajstić information content (AvgIpc) is 2.68. The highest BCUT2D eigenvalue weighted by atomic mass is 35.5. The largest absolute Gasteiger partial charge is 0.372 e. The monoisotopic (exact) mass is 285 g/mol. The highest BCUT2D eigenvalue weighted by Gasteiger charge is 2.25. The minimum Gasteiger partial charge on any atom is -0.372 e. The Labute approximate surface area is 118 Å². The summed E-state index contributed by atoms with van der Waals surface area (Å²) in [6, 6.07) is 0. The van der Waals surface area contributed by atoms with Gasteiger partial charge in [0.15, 0.2) is 0 Å². The summed E-state index contributed by atoms with van der Waals surface area (Å²) >= 11 is 7.60. The first-order chi connectivity index (χ1) is 8.77. The van der Waals surface area contributed by atoms with Crippen molar-refractivity contribution in [3.8, 4) is 0 Å². The van der Waals surface area contributed by atoms with Gasteiger partial charge in [0, 0.05) is 35.0 Å². The minimum atomic E-state index is 0.223. The molecule has 0 spiro atoms. The molecule has 100 valence electrons. The molecule has 0 fully saturated rings. The lowest BCUT2D eigenvalue weighted by atomic mass is 10.00. The van der Waals surface area contributed by atoms with Gasteiger partial charge in [-0.1, -0.05) is 12.2 Å². The molecule has 18 heavy (non-hydrogen) atoms. The summed E-state index contributed by atoms with van der Waals surface area (Å²) in [4.78, 5) is 2.96. The summed E-state index contributed by atoms with van der Waals surface area (Å²) in [6.45, 7) is 3.95. The van der Waals surface area contributed by atoms with Gasteiger partial charge in [-0.25, -0.2) is 0 Å². The smallest absolute Gasteiger partial charge is 0.0962 e. The number of fused-ring (bicyclic) bond motifs is 1. The molecule has 1 aromatic heterocycles. The van der Waals surface area contributed by atoms with Crippen LogP contribution in [0.1, 0.15) is 27.0 Å². The highest BCUT2D eigenvalue weighted by Crippen LogP contribution is 2.37. The predicted octanol–water partition coefficient (Wildman–Crippen LogP) is 3.23. The number of halogens is 1. The first-order valence-electron chi connectivity index (χ1n) is 6.36. The zero-order valence-electron chi connectivity index (χ0n) is 11.0. The van der Waals surface area contributed by atoms with Gasteiger partial charge in [0.1, 0.15) is 0 Å². The molecule has 2 nitrogen and oxygen atoms in total. The number of nitrogens with one attached hydrogen (secondary N) is 1. The number of ether oxygens (including phenoxy) is 1. The van der Waals surface area contributed by atoms with Crippen molar-refractivity contribution in [3.63, 3.8) is 0 Å². The van der Waals surface area contributed by atoms with Gasteiger partial charge in [0.25, 0.3) is 0 Å². The van der Waals surface area contributed by atoms with Gasteiger partial charge in [-0.15, -0.1) is 22.9 Å². The molecule has 0 saturated heterocycles. The molecular formula is C14H20ClNOS. The first-order valence-corrected chi connectivity index (χ1v) is 7.71. The van der Waals surface area contributed by atoms with Crippen LogP contribution in [0.5, 0.6) is 0 Å². The summed E-state index contributed by atoms with van der Waals surface area (Å²) in [5.41, 5.74) is 2.84. The lowest BCUT2D eigenvalue weighted by Crippen LogP contribution is -2.24. The molecule has 0 amide bonds. The topological polar surface area (TPSA) is 21.3 Å². The Hall–Kier alpha value is -0.350. The summed E-state index contributed by atoms with van der Waals surface area (Å²) in [5, 5.41) is 3.22. The Morgan fingerprint density at radius 1 is 1.50 bits per heavy atom. The van der Waals surface area contributed by atoms with Gasteiger partial charge >= 0.3 is 0 Å². The SMILES string of the molecule is CNCC1OCCc2sc(C/C=C\CCl)c(C)c21. The molecule has 0 bridgehead atoms. The van der Waals surface area contributed by atoms with Crippen LogP contribution in [0.4, 0.5) is 0 Å². The van der Waals surface area contributed by atoms with Crippen LogP contribution in [-0.4, -0.2) is 26.1 Å². The molecule has 1 atom stereocenters. The van der Waals surface area contributed by atoms with Crippen LogP contribution in [0.3, 0.4) is 0 Å². The maximum absolute atomic E-state index is 5.87. The second kappa shape index (κ2) is 6.71. The number of rotatable bonds is 5. The Bertz CT molecular complexity index is 428. The molecule has 1 unspecified atom stereocenters. The fourth-order valence-corrected chi connectivity index (χ4v) is 3.86. The van der Waals surface area contributed by atoms with Gasteiger partial charge in [-0.3, -0.25) is 0 Å². The van der Waals surface area contributed by atoms with Crippen LogP contribution in [0.25, 0.3) is 0 Å². The van der Waals surface area contributed by atoms with Gasteiger partial charge in [0.05, 0.1) is 12.7 Å². The molecular weight excluding hydrogens is 266 g/mol. The van der Waals surface area contributed by atoms with E-state index in [1.54, 1.807) is 0 Å². The first kappa shape index (κ1) is 14.1. The minimum absolute atomic E-state index is 0.223. The fraction of sp³-hybridized carbons (Fsp3) is 0.571. The zero-order valence-corrected chi connectivity index (χ0v) is 12.5. The maximum Gasteiger partial charge on any atom is 0.0962 e. The van der Waals surface area contributed by atoms with Crippen molar-refractivity contribution in [2.75, 3.05) is 26.1 Å². The second-order valence-electron chi connectivity index (χ2n) is 4.48. The fourth-order valence-electron chi connectivity index (χ4n) is 2.42. The lowest BCUT2D eigenvalue weighted by Gasteiger charge is -2.24. The van der Waals surface area contributed by atoms with E-state index >= 15 is 0 Å². The molecule has 4 heteroatoms. The Balaban J connectivity index is 2.22. The predicted molar refractivity (Wildman–Crippen MR) is 78.9 cm³/mol. The molecule has 0 aliphatic carbocycles. The van der Waals surface area contributed by atoms with Gasteiger partial charge in [-0.2, -0.15) is 0 Å². The van der Waals surface area contributed by atoms with E-state index in [9.17, 15) is 0 Å². The number of allylic oxidation sites excluding steroid dienone is 2. The van der Waals surface area contributed by atoms with Gasteiger partial charge in [-0.05, 0) is 25.1 Å². The zero-order chi connectivity index (χ0) is 13.0. The molecule has 0 aromatic carbocycles. The molecule has 1 aliphatic rings. The lowest BCUT2D eigenvalue weighted by molar-refractivity contribution is 0.0446. The summed E-state index contributed by atoms with van der Waals surface area (Å²) in [7, 11) is 1.98. The van der Waals surface area contributed by atoms with E-state index in [0.717, 1.165) is 26.0 Å². The van der Waals surface area contributed by atoms with E-state index in [1.807, 2.05) is 24.5 Å². The van der Waals surface area contributed by atoms with Crippen LogP contribution in [-0.2, 0) is 17.6 Å². The third-order valence-corrected chi connectivity index (χ3v) is 4.86. The van der Waals surface area contributed by atoms with Gasteiger partial charge in [0.2, 0.25) is 0 Å². The van der Waals surface area contributed by atoms with Crippen molar-refractivity contribution in [3.05, 3.63) is 33.0 Å². The molecule has 2 rings (SSSR count). The van der Waals surface area contributed by atoms with E-state index < -0.39 is 0 Å². The average molecular weight is 286 g/mol. The third-order valence-electron chi connectivity index (χ3n) is 3.29. The van der Waals surface area contributed by atoms with E-state index in [-0.39, 0.29) is 6.10 Å². The normalized spacial score (nSPS) is 19.4. The maximum atomic E-state index is 5.87. The molecule has 1 N–H and O–H groups in total. The van der Waals surface area contributed by atoms with E-state index in [1.165, 1.54) is 20.9 Å². The molecule has 0 saturated carbocycles. The molecule has 0 radical (unpaired) electrons. The summed E-state index contributed by atoms with van der Waals surface area (Å²) in [6.07, 6.45) is 6.44. The van der Waals surface area contributed by atoms with E-state index in [4.69, 9.17) is 16.3 Å². The Kier molecular flexibility index (Phi) is 5.25. The van der Waals surface area contributed by atoms with Crippen molar-refractivity contribution >= 4 is 22.9 Å². The summed E-state index contributed by atoms with van der Waals surface area (Å²) < 4.78 is 5.87. The summed E-state index contributed by atoms with van der Waals surface area (Å²) in [5.74, 6) is 0.593. The van der Waals surface area contributed by atoms with Crippen LogP contribution >= 0.6 is 22.9 Å². The van der Waals surface area contributed by atoms with Crippen molar-refractivity contribution in [1.82, 2.24) is 5.32 Å². The number of hydrogen-bond acceptors (Lipinski definition) is 3. The number of likely N-dealkylation sites (N-methyl/N-ethyl adjacent to an activating group) is 1. The van der Waals surface area contributed by atoms with Crippen LogP contribution < -0.4 is 5.32 Å². The highest BCUT2D eigenvalue weighted by molar-refractivity contribution is 7.12. The second-order valence-corrected chi connectivity index (χ2v) is 5.98. The number of alkyl halides is 1. The van der Waals surface area contributed by atoms with Gasteiger partial charge < -0.3 is 10.1 Å². The van der Waals surface area contributed by atoms with Crippen LogP contribution in [0.2, 0.25) is 0 Å². The molecule has 2 heterocycles. The van der Waals surface area contributed by atoms with E-state index in [2.05, 4.69) is 18.3 Å². The van der Waals surface area contributed by atoms with Crippen molar-refractivity contribution in [2.24, 2.45) is 0 Å². The van der Waals surface area contributed by atoms with Crippen LogP contribution in [0.15, 0.2) is 12.2 Å². The van der Waals surface area contributed by atoms with Crippen LogP contribution in [0, 0.1) is 6.92 Å². The number of hydrogen-bond donors (Lipinski definition) is 1. The quantitative estimate of drug-likeness (QED) is 0.662.